The topological polar surface area (TPSA) is 90.9 Å². The number of nitrogens with one attached hydrogen (secondary N) is 1. The van der Waals surface area contributed by atoms with Crippen LogP contribution in [0.4, 0.5) is 5.69 Å². The lowest BCUT2D eigenvalue weighted by Gasteiger charge is -2.11. The van der Waals surface area contributed by atoms with Crippen LogP contribution >= 0.6 is 0 Å². The van der Waals surface area contributed by atoms with Gasteiger partial charge in [0.1, 0.15) is 0 Å². The number of benzene rings is 2. The second-order valence-electron chi connectivity index (χ2n) is 5.79. The smallest absolute Gasteiger partial charge is 0.339 e. The maximum Gasteiger partial charge on any atom is 0.339 e. The van der Waals surface area contributed by atoms with Crippen LogP contribution in [0.25, 0.3) is 0 Å². The van der Waals surface area contributed by atoms with Crippen molar-refractivity contribution in [2.24, 2.45) is 0 Å². The largest absolute Gasteiger partial charge is 0.490 e. The van der Waals surface area contributed by atoms with Crippen LogP contribution in [-0.2, 0) is 20.3 Å². The lowest BCUT2D eigenvalue weighted by atomic mass is 10.2. The zero-order valence-electron chi connectivity index (χ0n) is 14.7. The van der Waals surface area contributed by atoms with Crippen LogP contribution < -0.4 is 14.8 Å². The molecule has 7 nitrogen and oxygen atoms in total. The van der Waals surface area contributed by atoms with E-state index in [1.807, 2.05) is 0 Å². The summed E-state index contributed by atoms with van der Waals surface area (Å²) in [4.78, 5) is 24.6. The van der Waals surface area contributed by atoms with Crippen LogP contribution in [-0.4, -0.2) is 42.2 Å². The van der Waals surface area contributed by atoms with E-state index < -0.39 is 29.3 Å². The molecular weight excluding hydrogens is 370 g/mol. The Kier molecular flexibility index (Phi) is 6.08. The van der Waals surface area contributed by atoms with Crippen molar-refractivity contribution in [3.8, 4) is 11.5 Å². The van der Waals surface area contributed by atoms with E-state index in [1.165, 1.54) is 12.3 Å². The number of anilines is 1. The molecule has 1 N–H and O–H groups in total. The van der Waals surface area contributed by atoms with E-state index in [-0.39, 0.29) is 5.56 Å². The third-order valence-electron chi connectivity index (χ3n) is 3.78. The number of fused-ring (bicyclic) bond motifs is 1. The molecule has 3 rings (SSSR count). The average Bonchev–Trinajstić information content (AvgIpc) is 2.91. The van der Waals surface area contributed by atoms with Crippen molar-refractivity contribution in [3.63, 3.8) is 0 Å². The molecule has 0 bridgehead atoms. The standard InChI is InChI=1S/C19H19NO6S/c1-27(23)17-6-3-2-5-14(17)19(22)26-12-18(21)20-13-7-8-15-16(11-13)25-10-4-9-24-15/h2-3,5-8,11H,4,9-10,12H2,1H3,(H,20,21)/t27-/m1/s1. The van der Waals surface area contributed by atoms with Crippen molar-refractivity contribution in [2.75, 3.05) is 31.4 Å². The van der Waals surface area contributed by atoms with Gasteiger partial charge in [-0.05, 0) is 24.3 Å². The van der Waals surface area contributed by atoms with Gasteiger partial charge < -0.3 is 19.5 Å². The Hall–Kier alpha value is -2.87. The zero-order chi connectivity index (χ0) is 19.2. The van der Waals surface area contributed by atoms with Gasteiger partial charge in [-0.25, -0.2) is 4.79 Å². The molecule has 1 aliphatic rings. The van der Waals surface area contributed by atoms with Gasteiger partial charge in [-0.2, -0.15) is 0 Å². The molecule has 0 aromatic heterocycles. The second-order valence-corrected chi connectivity index (χ2v) is 7.13. The van der Waals surface area contributed by atoms with Gasteiger partial charge in [0, 0.05) is 24.4 Å². The van der Waals surface area contributed by atoms with Crippen molar-refractivity contribution in [1.82, 2.24) is 0 Å². The van der Waals surface area contributed by atoms with Crippen LogP contribution in [0.2, 0.25) is 0 Å². The third-order valence-corrected chi connectivity index (χ3v) is 4.76. The molecule has 0 aliphatic carbocycles. The summed E-state index contributed by atoms with van der Waals surface area (Å²) in [6, 6.07) is 11.5. The number of rotatable bonds is 5. The Morgan fingerprint density at radius 1 is 1.11 bits per heavy atom. The summed E-state index contributed by atoms with van der Waals surface area (Å²) in [5.41, 5.74) is 0.692. The van der Waals surface area contributed by atoms with Crippen LogP contribution in [0.5, 0.6) is 11.5 Å². The predicted molar refractivity (Wildman–Crippen MR) is 99.7 cm³/mol. The lowest BCUT2D eigenvalue weighted by Crippen LogP contribution is -2.21. The molecule has 27 heavy (non-hydrogen) atoms. The number of esters is 1. The number of hydrogen-bond donors (Lipinski definition) is 1. The first kappa shape index (κ1) is 18.9. The zero-order valence-corrected chi connectivity index (χ0v) is 15.5. The molecule has 8 heteroatoms. The highest BCUT2D eigenvalue weighted by atomic mass is 32.2. The first-order chi connectivity index (χ1) is 13.0. The van der Waals surface area contributed by atoms with Gasteiger partial charge in [0.15, 0.2) is 18.1 Å². The fourth-order valence-electron chi connectivity index (χ4n) is 2.53. The molecule has 0 saturated carbocycles. The molecule has 1 atom stereocenters. The molecule has 0 fully saturated rings. The van der Waals surface area contributed by atoms with E-state index in [0.717, 1.165) is 6.42 Å². The van der Waals surface area contributed by atoms with Crippen molar-refractivity contribution < 1.29 is 28.0 Å². The molecule has 1 heterocycles. The molecule has 0 spiro atoms. The summed E-state index contributed by atoms with van der Waals surface area (Å²) in [6.45, 7) is 0.664. The highest BCUT2D eigenvalue weighted by Crippen LogP contribution is 2.32. The van der Waals surface area contributed by atoms with E-state index in [2.05, 4.69) is 5.32 Å². The van der Waals surface area contributed by atoms with Crippen molar-refractivity contribution in [1.29, 1.82) is 0 Å². The number of hydrogen-bond acceptors (Lipinski definition) is 6. The highest BCUT2D eigenvalue weighted by Gasteiger charge is 2.17. The van der Waals surface area contributed by atoms with Crippen LogP contribution in [0.3, 0.4) is 0 Å². The Balaban J connectivity index is 1.59. The minimum Gasteiger partial charge on any atom is -0.490 e. The molecule has 1 amide bonds. The third kappa shape index (κ3) is 4.85. The molecule has 0 unspecified atom stereocenters. The maximum atomic E-state index is 12.2. The van der Waals surface area contributed by atoms with Gasteiger partial charge in [0.2, 0.25) is 0 Å². The van der Waals surface area contributed by atoms with Gasteiger partial charge in [-0.15, -0.1) is 0 Å². The summed E-state index contributed by atoms with van der Waals surface area (Å²) >= 11 is 0. The molecule has 2 aromatic rings. The number of ether oxygens (including phenoxy) is 3. The van der Waals surface area contributed by atoms with Gasteiger partial charge in [0.05, 0.1) is 34.5 Å². The van der Waals surface area contributed by atoms with E-state index in [0.29, 0.717) is 35.3 Å². The van der Waals surface area contributed by atoms with E-state index in [9.17, 15) is 13.8 Å². The second kappa shape index (κ2) is 8.68. The van der Waals surface area contributed by atoms with Gasteiger partial charge >= 0.3 is 5.97 Å². The first-order valence-corrected chi connectivity index (χ1v) is 9.89. The summed E-state index contributed by atoms with van der Waals surface area (Å²) in [5, 5.41) is 2.64. The van der Waals surface area contributed by atoms with E-state index in [1.54, 1.807) is 36.4 Å². The van der Waals surface area contributed by atoms with E-state index in [4.69, 9.17) is 14.2 Å². The SMILES string of the molecule is C[S@@](=O)c1ccccc1C(=O)OCC(=O)Nc1ccc2c(c1)OCCCO2. The Morgan fingerprint density at radius 2 is 1.85 bits per heavy atom. The summed E-state index contributed by atoms with van der Waals surface area (Å²) in [5.74, 6) is -0.00898. The normalized spacial score (nSPS) is 14.0. The quantitative estimate of drug-likeness (QED) is 0.790. The van der Waals surface area contributed by atoms with Gasteiger partial charge in [-0.1, -0.05) is 12.1 Å². The number of carbonyl (C=O) groups is 2. The Labute approximate surface area is 159 Å². The minimum atomic E-state index is -1.34. The van der Waals surface area contributed by atoms with Crippen molar-refractivity contribution in [2.45, 2.75) is 11.3 Å². The molecule has 2 aromatic carbocycles. The van der Waals surface area contributed by atoms with Gasteiger partial charge in [-0.3, -0.25) is 9.00 Å². The molecular formula is C19H19NO6S. The summed E-state index contributed by atoms with van der Waals surface area (Å²) in [6.07, 6.45) is 2.26. The predicted octanol–water partition coefficient (Wildman–Crippen LogP) is 2.38. The van der Waals surface area contributed by atoms with Crippen LogP contribution in [0, 0.1) is 0 Å². The van der Waals surface area contributed by atoms with E-state index >= 15 is 0 Å². The summed E-state index contributed by atoms with van der Waals surface area (Å²) in [7, 11) is -1.34. The minimum absolute atomic E-state index is 0.182. The molecule has 0 saturated heterocycles. The Morgan fingerprint density at radius 3 is 2.63 bits per heavy atom. The number of amides is 1. The lowest BCUT2D eigenvalue weighted by molar-refractivity contribution is -0.119. The number of carbonyl (C=O) groups excluding carboxylic acids is 2. The van der Waals surface area contributed by atoms with Crippen molar-refractivity contribution in [3.05, 3.63) is 48.0 Å². The van der Waals surface area contributed by atoms with Gasteiger partial charge in [0.25, 0.3) is 5.91 Å². The first-order valence-electron chi connectivity index (χ1n) is 8.33. The monoisotopic (exact) mass is 389 g/mol. The Bertz CT molecular complexity index is 882. The average molecular weight is 389 g/mol. The fraction of sp³-hybridized carbons (Fsp3) is 0.263. The fourth-order valence-corrected chi connectivity index (χ4v) is 3.26. The molecule has 142 valence electrons. The molecule has 1 aliphatic heterocycles. The summed E-state index contributed by atoms with van der Waals surface area (Å²) < 4.78 is 27.8. The van der Waals surface area contributed by atoms with Crippen LogP contribution in [0.1, 0.15) is 16.8 Å². The molecule has 0 radical (unpaired) electrons. The highest BCUT2D eigenvalue weighted by molar-refractivity contribution is 7.84. The van der Waals surface area contributed by atoms with Crippen molar-refractivity contribution >= 4 is 28.4 Å². The van der Waals surface area contributed by atoms with Crippen LogP contribution in [0.15, 0.2) is 47.4 Å². The maximum absolute atomic E-state index is 12.2.